The van der Waals surface area contributed by atoms with Crippen LogP contribution < -0.4 is 10.6 Å². The van der Waals surface area contributed by atoms with Gasteiger partial charge in [0.2, 0.25) is 11.8 Å². The van der Waals surface area contributed by atoms with Crippen molar-refractivity contribution in [1.82, 2.24) is 10.6 Å². The lowest BCUT2D eigenvalue weighted by Crippen LogP contribution is -2.42. The second-order valence-corrected chi connectivity index (χ2v) is 5.64. The molecule has 5 heteroatoms. The Morgan fingerprint density at radius 3 is 3.00 bits per heavy atom. The van der Waals surface area contributed by atoms with Crippen molar-refractivity contribution in [1.29, 1.82) is 0 Å². The maximum Gasteiger partial charge on any atom is 0.225 e. The van der Waals surface area contributed by atoms with E-state index < -0.39 is 0 Å². The lowest BCUT2D eigenvalue weighted by atomic mass is 9.98. The molecule has 0 aromatic carbocycles. The smallest absolute Gasteiger partial charge is 0.225 e. The molecule has 2 N–H and O–H groups in total. The summed E-state index contributed by atoms with van der Waals surface area (Å²) in [5, 5.41) is 5.64. The first-order chi connectivity index (χ1) is 8.15. The van der Waals surface area contributed by atoms with E-state index in [0.29, 0.717) is 25.9 Å². The Kier molecular flexibility index (Phi) is 3.78. The van der Waals surface area contributed by atoms with Crippen molar-refractivity contribution >= 4 is 23.2 Å². The molecule has 1 aliphatic heterocycles. The molecule has 1 aromatic rings. The van der Waals surface area contributed by atoms with E-state index in [9.17, 15) is 9.59 Å². The molecule has 0 radical (unpaired) electrons. The van der Waals surface area contributed by atoms with Gasteiger partial charge in [-0.3, -0.25) is 9.59 Å². The number of nitrogens with one attached hydrogen (secondary N) is 2. The first-order valence-corrected chi connectivity index (χ1v) is 6.56. The van der Waals surface area contributed by atoms with Crippen LogP contribution in [0.2, 0.25) is 0 Å². The summed E-state index contributed by atoms with van der Waals surface area (Å²) in [6, 6.07) is 4.08. The van der Waals surface area contributed by atoms with E-state index in [-0.39, 0.29) is 17.7 Å². The van der Waals surface area contributed by atoms with Crippen molar-refractivity contribution in [3.63, 3.8) is 0 Å². The van der Waals surface area contributed by atoms with Crippen LogP contribution in [0.5, 0.6) is 0 Å². The zero-order valence-corrected chi connectivity index (χ0v) is 10.6. The van der Waals surface area contributed by atoms with Crippen molar-refractivity contribution in [2.75, 3.05) is 6.54 Å². The SMILES string of the molecule is Cc1ccc(CNC(=O)C2CCC(=O)NC2)s1. The summed E-state index contributed by atoms with van der Waals surface area (Å²) in [5.41, 5.74) is 0. The molecular weight excluding hydrogens is 236 g/mol. The van der Waals surface area contributed by atoms with E-state index in [2.05, 4.69) is 10.6 Å². The van der Waals surface area contributed by atoms with E-state index in [1.54, 1.807) is 11.3 Å². The van der Waals surface area contributed by atoms with Gasteiger partial charge < -0.3 is 10.6 Å². The Hall–Kier alpha value is -1.36. The van der Waals surface area contributed by atoms with Crippen molar-refractivity contribution in [2.45, 2.75) is 26.3 Å². The van der Waals surface area contributed by atoms with Crippen LogP contribution in [-0.4, -0.2) is 18.4 Å². The molecule has 1 fully saturated rings. The molecule has 17 heavy (non-hydrogen) atoms. The summed E-state index contributed by atoms with van der Waals surface area (Å²) >= 11 is 1.69. The first-order valence-electron chi connectivity index (χ1n) is 5.75. The third-order valence-corrected chi connectivity index (χ3v) is 3.87. The molecule has 1 aliphatic rings. The Balaban J connectivity index is 1.79. The standard InChI is InChI=1S/C12H16N2O2S/c1-8-2-4-10(17-8)7-14-12(16)9-3-5-11(15)13-6-9/h2,4,9H,3,5-7H2,1H3,(H,13,15)(H,14,16). The molecule has 2 rings (SSSR count). The number of hydrogen-bond donors (Lipinski definition) is 2. The summed E-state index contributed by atoms with van der Waals surface area (Å²) in [7, 11) is 0. The molecule has 0 aliphatic carbocycles. The van der Waals surface area contributed by atoms with Crippen LogP contribution in [0.4, 0.5) is 0 Å². The molecule has 2 amide bonds. The largest absolute Gasteiger partial charge is 0.355 e. The molecule has 1 unspecified atom stereocenters. The highest BCUT2D eigenvalue weighted by Crippen LogP contribution is 2.15. The second-order valence-electron chi connectivity index (χ2n) is 4.27. The highest BCUT2D eigenvalue weighted by atomic mass is 32.1. The lowest BCUT2D eigenvalue weighted by molar-refractivity contribution is -0.129. The molecule has 0 saturated carbocycles. The predicted molar refractivity (Wildman–Crippen MR) is 66.6 cm³/mol. The highest BCUT2D eigenvalue weighted by molar-refractivity contribution is 7.11. The van der Waals surface area contributed by atoms with Gasteiger partial charge in [-0.2, -0.15) is 0 Å². The first kappa shape index (κ1) is 12.1. The number of carbonyl (C=O) groups is 2. The van der Waals surface area contributed by atoms with Crippen LogP contribution in [0, 0.1) is 12.8 Å². The number of aryl methyl sites for hydroxylation is 1. The Morgan fingerprint density at radius 2 is 2.41 bits per heavy atom. The zero-order valence-electron chi connectivity index (χ0n) is 9.79. The number of amides is 2. The summed E-state index contributed by atoms with van der Waals surface area (Å²) in [5.74, 6) is 0.00717. The van der Waals surface area contributed by atoms with Crippen molar-refractivity contribution in [3.8, 4) is 0 Å². The minimum Gasteiger partial charge on any atom is -0.355 e. The predicted octanol–water partition coefficient (Wildman–Crippen LogP) is 1.20. The van der Waals surface area contributed by atoms with Crippen LogP contribution in [0.3, 0.4) is 0 Å². The van der Waals surface area contributed by atoms with E-state index >= 15 is 0 Å². The van der Waals surface area contributed by atoms with Crippen molar-refractivity contribution < 1.29 is 9.59 Å². The number of hydrogen-bond acceptors (Lipinski definition) is 3. The van der Waals surface area contributed by atoms with Gasteiger partial charge >= 0.3 is 0 Å². The van der Waals surface area contributed by atoms with Gasteiger partial charge in [0.15, 0.2) is 0 Å². The Labute approximate surface area is 104 Å². The fraction of sp³-hybridized carbons (Fsp3) is 0.500. The maximum atomic E-state index is 11.8. The average Bonchev–Trinajstić information content (AvgIpc) is 2.73. The third kappa shape index (κ3) is 3.30. The number of piperidine rings is 1. The summed E-state index contributed by atoms with van der Waals surface area (Å²) in [6.07, 6.45) is 1.11. The van der Waals surface area contributed by atoms with Crippen LogP contribution >= 0.6 is 11.3 Å². The van der Waals surface area contributed by atoms with Gasteiger partial charge in [-0.15, -0.1) is 11.3 Å². The molecule has 4 nitrogen and oxygen atoms in total. The summed E-state index contributed by atoms with van der Waals surface area (Å²) < 4.78 is 0. The zero-order chi connectivity index (χ0) is 12.3. The molecule has 0 bridgehead atoms. The molecular formula is C12H16N2O2S. The van der Waals surface area contributed by atoms with Gasteiger partial charge in [0.05, 0.1) is 12.5 Å². The quantitative estimate of drug-likeness (QED) is 0.849. The fourth-order valence-corrected chi connectivity index (χ4v) is 2.69. The van der Waals surface area contributed by atoms with E-state index in [0.717, 1.165) is 4.88 Å². The van der Waals surface area contributed by atoms with Gasteiger partial charge in [-0.05, 0) is 25.5 Å². The van der Waals surface area contributed by atoms with Gasteiger partial charge in [0.1, 0.15) is 0 Å². The normalized spacial score (nSPS) is 19.8. The molecule has 92 valence electrons. The van der Waals surface area contributed by atoms with Crippen molar-refractivity contribution in [3.05, 3.63) is 21.9 Å². The third-order valence-electron chi connectivity index (χ3n) is 2.87. The van der Waals surface area contributed by atoms with E-state index in [1.165, 1.54) is 4.88 Å². The minimum absolute atomic E-state index is 0.0380. The molecule has 0 spiro atoms. The molecule has 1 saturated heterocycles. The highest BCUT2D eigenvalue weighted by Gasteiger charge is 2.23. The summed E-state index contributed by atoms with van der Waals surface area (Å²) in [6.45, 7) is 3.10. The minimum atomic E-state index is -0.0752. The topological polar surface area (TPSA) is 58.2 Å². The monoisotopic (exact) mass is 252 g/mol. The van der Waals surface area contributed by atoms with Crippen LogP contribution in [0.25, 0.3) is 0 Å². The fourth-order valence-electron chi connectivity index (χ4n) is 1.86. The lowest BCUT2D eigenvalue weighted by Gasteiger charge is -2.21. The molecule has 1 atom stereocenters. The van der Waals surface area contributed by atoms with Gasteiger partial charge in [-0.1, -0.05) is 0 Å². The summed E-state index contributed by atoms with van der Waals surface area (Å²) in [4.78, 5) is 25.2. The molecule has 1 aromatic heterocycles. The number of carbonyl (C=O) groups excluding carboxylic acids is 2. The van der Waals surface area contributed by atoms with E-state index in [4.69, 9.17) is 0 Å². The number of rotatable bonds is 3. The van der Waals surface area contributed by atoms with Crippen molar-refractivity contribution in [2.24, 2.45) is 5.92 Å². The maximum absolute atomic E-state index is 11.8. The average molecular weight is 252 g/mol. The van der Waals surface area contributed by atoms with Gasteiger partial charge in [-0.25, -0.2) is 0 Å². The Bertz CT molecular complexity index is 418. The van der Waals surface area contributed by atoms with E-state index in [1.807, 2.05) is 19.1 Å². The second kappa shape index (κ2) is 5.31. The molecule has 2 heterocycles. The van der Waals surface area contributed by atoms with Gasteiger partial charge in [0, 0.05) is 22.7 Å². The Morgan fingerprint density at radius 1 is 1.59 bits per heavy atom. The van der Waals surface area contributed by atoms with Crippen LogP contribution in [0.15, 0.2) is 12.1 Å². The van der Waals surface area contributed by atoms with Crippen LogP contribution in [0.1, 0.15) is 22.6 Å². The number of thiophene rings is 1. The van der Waals surface area contributed by atoms with Gasteiger partial charge in [0.25, 0.3) is 0 Å². The van der Waals surface area contributed by atoms with Crippen LogP contribution in [-0.2, 0) is 16.1 Å².